The molecule has 130 valence electrons. The molecule has 4 aromatic rings. The molecule has 0 aliphatic carbocycles. The number of hydrogen-bond donors (Lipinski definition) is 0. The third-order valence-electron chi connectivity index (χ3n) is 4.02. The first kappa shape index (κ1) is 16.4. The summed E-state index contributed by atoms with van der Waals surface area (Å²) >= 11 is 1.64. The fourth-order valence-corrected chi connectivity index (χ4v) is 3.51. The summed E-state index contributed by atoms with van der Waals surface area (Å²) in [6.45, 7) is 0.562. The Kier molecular flexibility index (Phi) is 4.41. The van der Waals surface area contributed by atoms with E-state index in [0.29, 0.717) is 23.7 Å². The lowest BCUT2D eigenvalue weighted by atomic mass is 10.2. The minimum absolute atomic E-state index is 0.0902. The van der Waals surface area contributed by atoms with Crippen molar-refractivity contribution in [1.29, 1.82) is 0 Å². The highest BCUT2D eigenvalue weighted by molar-refractivity contribution is 7.09. The Morgan fingerprint density at radius 1 is 1.15 bits per heavy atom. The molecule has 0 N–H and O–H groups in total. The fraction of sp³-hybridized carbons (Fsp3) is 0.100. The number of amides is 1. The number of benzene rings is 1. The van der Waals surface area contributed by atoms with E-state index in [9.17, 15) is 4.79 Å². The van der Waals surface area contributed by atoms with Gasteiger partial charge in [-0.05, 0) is 35.7 Å². The number of carbonyl (C=O) groups excluding carboxylic acids is 1. The molecule has 0 atom stereocenters. The molecule has 0 saturated heterocycles. The van der Waals surface area contributed by atoms with E-state index in [1.165, 1.54) is 0 Å². The summed E-state index contributed by atoms with van der Waals surface area (Å²) in [4.78, 5) is 15.9. The van der Waals surface area contributed by atoms with Crippen LogP contribution in [-0.2, 0) is 6.54 Å². The van der Waals surface area contributed by atoms with Gasteiger partial charge in [0.15, 0.2) is 5.76 Å². The van der Waals surface area contributed by atoms with Crippen LogP contribution in [0.25, 0.3) is 17.1 Å². The van der Waals surface area contributed by atoms with Gasteiger partial charge in [0.2, 0.25) is 0 Å². The molecule has 5 nitrogen and oxygen atoms in total. The molecule has 1 aromatic carbocycles. The van der Waals surface area contributed by atoms with Gasteiger partial charge in [0.05, 0.1) is 18.5 Å². The van der Waals surface area contributed by atoms with E-state index in [-0.39, 0.29) is 5.91 Å². The van der Waals surface area contributed by atoms with Crippen molar-refractivity contribution < 1.29 is 9.21 Å². The van der Waals surface area contributed by atoms with E-state index in [4.69, 9.17) is 4.42 Å². The second kappa shape index (κ2) is 7.01. The Balaban J connectivity index is 1.72. The van der Waals surface area contributed by atoms with Gasteiger partial charge < -0.3 is 9.32 Å². The zero-order chi connectivity index (χ0) is 17.9. The highest BCUT2D eigenvalue weighted by atomic mass is 32.1. The van der Waals surface area contributed by atoms with Crippen molar-refractivity contribution in [2.45, 2.75) is 6.54 Å². The molecule has 0 fully saturated rings. The maximum absolute atomic E-state index is 13.1. The first-order chi connectivity index (χ1) is 12.7. The number of furan rings is 1. The van der Waals surface area contributed by atoms with E-state index in [2.05, 4.69) is 5.10 Å². The van der Waals surface area contributed by atoms with E-state index in [1.54, 1.807) is 46.4 Å². The zero-order valence-corrected chi connectivity index (χ0v) is 15.0. The van der Waals surface area contributed by atoms with Crippen molar-refractivity contribution in [1.82, 2.24) is 14.7 Å². The van der Waals surface area contributed by atoms with Gasteiger partial charge in [-0.15, -0.1) is 11.3 Å². The van der Waals surface area contributed by atoms with Crippen LogP contribution in [-0.4, -0.2) is 27.6 Å². The second-order valence-corrected chi connectivity index (χ2v) is 6.91. The first-order valence-electron chi connectivity index (χ1n) is 8.19. The van der Waals surface area contributed by atoms with Crippen LogP contribution in [0.1, 0.15) is 15.4 Å². The Hall–Kier alpha value is -3.12. The van der Waals surface area contributed by atoms with Gasteiger partial charge >= 0.3 is 0 Å². The molecular formula is C20H17N3O2S. The molecule has 3 aromatic heterocycles. The Labute approximate surface area is 155 Å². The van der Waals surface area contributed by atoms with Gasteiger partial charge in [-0.3, -0.25) is 4.79 Å². The lowest BCUT2D eigenvalue weighted by Crippen LogP contribution is -2.27. The molecule has 0 radical (unpaired) electrons. The van der Waals surface area contributed by atoms with Crippen LogP contribution in [0, 0.1) is 0 Å². The molecule has 0 saturated carbocycles. The lowest BCUT2D eigenvalue weighted by Gasteiger charge is -2.17. The standard InChI is InChI=1S/C20H17N3O2S/c1-22(14-16-9-6-12-26-16)20(24)18-13-17(19-10-5-11-25-19)21-23(18)15-7-3-2-4-8-15/h2-13H,14H2,1H3. The van der Waals surface area contributed by atoms with Crippen LogP contribution in [0.3, 0.4) is 0 Å². The van der Waals surface area contributed by atoms with E-state index in [1.807, 2.05) is 53.9 Å². The number of rotatable bonds is 5. The highest BCUT2D eigenvalue weighted by Crippen LogP contribution is 2.23. The monoisotopic (exact) mass is 363 g/mol. The molecule has 6 heteroatoms. The first-order valence-corrected chi connectivity index (χ1v) is 9.07. The molecule has 3 heterocycles. The lowest BCUT2D eigenvalue weighted by molar-refractivity contribution is 0.0777. The molecule has 0 bridgehead atoms. The second-order valence-electron chi connectivity index (χ2n) is 5.88. The van der Waals surface area contributed by atoms with Crippen LogP contribution in [0.4, 0.5) is 0 Å². The smallest absolute Gasteiger partial charge is 0.272 e. The van der Waals surface area contributed by atoms with Crippen LogP contribution < -0.4 is 0 Å². The van der Waals surface area contributed by atoms with Crippen molar-refractivity contribution in [3.8, 4) is 17.1 Å². The van der Waals surface area contributed by atoms with Gasteiger partial charge in [-0.2, -0.15) is 5.10 Å². The average Bonchev–Trinajstić information content (AvgIpc) is 3.42. The summed E-state index contributed by atoms with van der Waals surface area (Å²) in [7, 11) is 1.80. The molecule has 0 unspecified atom stereocenters. The van der Waals surface area contributed by atoms with Crippen molar-refractivity contribution in [2.75, 3.05) is 7.05 Å². The third kappa shape index (κ3) is 3.19. The van der Waals surface area contributed by atoms with E-state index in [0.717, 1.165) is 10.6 Å². The van der Waals surface area contributed by atoms with Crippen LogP contribution in [0.15, 0.2) is 76.7 Å². The minimum Gasteiger partial charge on any atom is -0.463 e. The van der Waals surface area contributed by atoms with Crippen LogP contribution in [0.5, 0.6) is 0 Å². The maximum atomic E-state index is 13.1. The predicted molar refractivity (Wildman–Crippen MR) is 101 cm³/mol. The number of thiophene rings is 1. The van der Waals surface area contributed by atoms with Crippen molar-refractivity contribution in [3.05, 3.63) is 82.9 Å². The van der Waals surface area contributed by atoms with Crippen LogP contribution in [0.2, 0.25) is 0 Å². The minimum atomic E-state index is -0.0902. The molecule has 4 rings (SSSR count). The van der Waals surface area contributed by atoms with Gasteiger partial charge in [0.1, 0.15) is 11.4 Å². The van der Waals surface area contributed by atoms with E-state index < -0.39 is 0 Å². The maximum Gasteiger partial charge on any atom is 0.272 e. The largest absolute Gasteiger partial charge is 0.463 e. The Morgan fingerprint density at radius 2 is 2.00 bits per heavy atom. The normalized spacial score (nSPS) is 10.8. The molecule has 0 spiro atoms. The number of hydrogen-bond acceptors (Lipinski definition) is 4. The summed E-state index contributed by atoms with van der Waals surface area (Å²) < 4.78 is 7.12. The topological polar surface area (TPSA) is 51.3 Å². The van der Waals surface area contributed by atoms with Crippen molar-refractivity contribution in [2.24, 2.45) is 0 Å². The van der Waals surface area contributed by atoms with Gasteiger partial charge in [-0.25, -0.2) is 4.68 Å². The molecule has 0 aliphatic heterocycles. The van der Waals surface area contributed by atoms with Gasteiger partial charge in [-0.1, -0.05) is 24.3 Å². The summed E-state index contributed by atoms with van der Waals surface area (Å²) in [5.41, 5.74) is 1.96. The molecular weight excluding hydrogens is 346 g/mol. The number of carbonyl (C=O) groups is 1. The van der Waals surface area contributed by atoms with Crippen molar-refractivity contribution in [3.63, 3.8) is 0 Å². The summed E-state index contributed by atoms with van der Waals surface area (Å²) in [5, 5.41) is 6.61. The Morgan fingerprint density at radius 3 is 2.69 bits per heavy atom. The number of aromatic nitrogens is 2. The summed E-state index contributed by atoms with van der Waals surface area (Å²) in [5.74, 6) is 0.544. The van der Waals surface area contributed by atoms with Gasteiger partial charge in [0.25, 0.3) is 5.91 Å². The quantitative estimate of drug-likeness (QED) is 0.526. The van der Waals surface area contributed by atoms with Gasteiger partial charge in [0, 0.05) is 18.0 Å². The Bertz CT molecular complexity index is 989. The third-order valence-corrected chi connectivity index (χ3v) is 4.88. The molecule has 1 amide bonds. The highest BCUT2D eigenvalue weighted by Gasteiger charge is 2.21. The average molecular weight is 363 g/mol. The summed E-state index contributed by atoms with van der Waals surface area (Å²) in [6.07, 6.45) is 1.60. The number of para-hydroxylation sites is 1. The molecule has 0 aliphatic rings. The number of nitrogens with zero attached hydrogens (tertiary/aromatic N) is 3. The van der Waals surface area contributed by atoms with E-state index >= 15 is 0 Å². The SMILES string of the molecule is CN(Cc1cccs1)C(=O)c1cc(-c2ccco2)nn1-c1ccccc1. The van der Waals surface area contributed by atoms with Crippen molar-refractivity contribution >= 4 is 17.2 Å². The summed E-state index contributed by atoms with van der Waals surface area (Å²) in [6, 6.07) is 19.1. The predicted octanol–water partition coefficient (Wildman–Crippen LogP) is 4.47. The zero-order valence-electron chi connectivity index (χ0n) is 14.2. The molecule has 26 heavy (non-hydrogen) atoms. The van der Waals surface area contributed by atoms with Crippen LogP contribution >= 0.6 is 11.3 Å². The fourth-order valence-electron chi connectivity index (χ4n) is 2.75.